The molecule has 0 spiro atoms. The van der Waals surface area contributed by atoms with E-state index in [1.165, 1.54) is 11.3 Å². The number of alkyl halides is 1. The second kappa shape index (κ2) is 9.13. The van der Waals surface area contributed by atoms with Crippen LogP contribution >= 0.6 is 11.3 Å². The Morgan fingerprint density at radius 1 is 1.29 bits per heavy atom. The van der Waals surface area contributed by atoms with Gasteiger partial charge in [0.2, 0.25) is 5.91 Å². The number of carbonyl (C=O) groups is 1. The minimum absolute atomic E-state index is 0.0137. The van der Waals surface area contributed by atoms with Gasteiger partial charge in [-0.3, -0.25) is 4.79 Å². The summed E-state index contributed by atoms with van der Waals surface area (Å²) in [6.45, 7) is 1.62. The summed E-state index contributed by atoms with van der Waals surface area (Å²) in [5, 5.41) is 17.1. The number of thiazole rings is 1. The van der Waals surface area contributed by atoms with Gasteiger partial charge in [0.15, 0.2) is 5.13 Å². The Kier molecular flexibility index (Phi) is 6.31. The number of hydrogen-bond acceptors (Lipinski definition) is 6. The van der Waals surface area contributed by atoms with Gasteiger partial charge in [-0.2, -0.15) is 0 Å². The number of amides is 1. The summed E-state index contributed by atoms with van der Waals surface area (Å²) in [4.78, 5) is 17.0. The number of anilines is 2. The van der Waals surface area contributed by atoms with E-state index in [2.05, 4.69) is 15.6 Å². The zero-order valence-electron chi connectivity index (χ0n) is 17.1. The van der Waals surface area contributed by atoms with E-state index < -0.39 is 12.8 Å². The van der Waals surface area contributed by atoms with Gasteiger partial charge in [-0.1, -0.05) is 41.7 Å². The molecule has 2 heterocycles. The molecule has 4 rings (SSSR count). The van der Waals surface area contributed by atoms with Crippen molar-refractivity contribution < 1.29 is 14.3 Å². The second-order valence-electron chi connectivity index (χ2n) is 7.81. The van der Waals surface area contributed by atoms with Crippen LogP contribution in [0.2, 0.25) is 0 Å². The number of carbonyl (C=O) groups excluding carboxylic acids is 1. The van der Waals surface area contributed by atoms with Crippen LogP contribution in [-0.4, -0.2) is 34.7 Å². The van der Waals surface area contributed by atoms with Crippen molar-refractivity contribution in [2.24, 2.45) is 5.73 Å². The Morgan fingerprint density at radius 2 is 2.06 bits per heavy atom. The number of benzene rings is 2. The molecule has 1 unspecified atom stereocenters. The van der Waals surface area contributed by atoms with Crippen molar-refractivity contribution >= 4 is 28.1 Å². The summed E-state index contributed by atoms with van der Waals surface area (Å²) in [6.07, 6.45) is 1.55. The van der Waals surface area contributed by atoms with E-state index in [-0.39, 0.29) is 17.9 Å². The molecule has 0 radical (unpaired) electrons. The Bertz CT molecular complexity index is 1070. The number of rotatable bonds is 8. The first-order valence-electron chi connectivity index (χ1n) is 10.2. The third-order valence-corrected chi connectivity index (χ3v) is 6.51. The molecule has 0 saturated carbocycles. The maximum atomic E-state index is 12.8. The predicted molar refractivity (Wildman–Crippen MR) is 122 cm³/mol. The number of aliphatic hydroxyl groups excluding tert-OH is 1. The van der Waals surface area contributed by atoms with Crippen molar-refractivity contribution in [2.75, 3.05) is 17.2 Å². The van der Waals surface area contributed by atoms with Crippen molar-refractivity contribution in [1.82, 2.24) is 4.98 Å². The van der Waals surface area contributed by atoms with E-state index in [0.717, 1.165) is 32.4 Å². The number of nitrogens with two attached hydrogens (primary N) is 1. The van der Waals surface area contributed by atoms with Crippen LogP contribution in [-0.2, 0) is 17.9 Å². The van der Waals surface area contributed by atoms with Gasteiger partial charge in [-0.15, -0.1) is 0 Å². The van der Waals surface area contributed by atoms with Crippen molar-refractivity contribution in [2.45, 2.75) is 38.1 Å². The second-order valence-corrected chi connectivity index (χ2v) is 8.84. The molecule has 0 saturated heterocycles. The molecule has 1 amide bonds. The fourth-order valence-electron chi connectivity index (χ4n) is 3.92. The topological polar surface area (TPSA) is 100 Å². The maximum absolute atomic E-state index is 12.8. The lowest BCUT2D eigenvalue weighted by molar-refractivity contribution is -0.115. The fraction of sp³-hybridized carbons (Fsp3) is 0.304. The Labute approximate surface area is 184 Å². The van der Waals surface area contributed by atoms with E-state index in [0.29, 0.717) is 18.5 Å². The molecule has 0 aliphatic carbocycles. The highest BCUT2D eigenvalue weighted by Gasteiger charge is 2.25. The van der Waals surface area contributed by atoms with E-state index in [1.807, 2.05) is 30.3 Å². The molecule has 8 heteroatoms. The highest BCUT2D eigenvalue weighted by atomic mass is 32.1. The molecule has 6 nitrogen and oxygen atoms in total. The van der Waals surface area contributed by atoms with Gasteiger partial charge in [0.05, 0.1) is 17.4 Å². The zero-order valence-corrected chi connectivity index (χ0v) is 18.0. The zero-order chi connectivity index (χ0) is 22.0. The standard InChI is InChI=1S/C23H25FN4O2S/c1-13(29)22(15-4-2-14(10-24)3-5-15)18(25)11-26-23-27-12-20(31-23)16-6-7-19-17(8-16)9-21(30)28-19/h2-8,12-13,18,22,29H,9-11,25H2,1H3,(H,26,27)(H,28,30)/t13?,18-,22+/m1/s1. The summed E-state index contributed by atoms with van der Waals surface area (Å²) >= 11 is 1.51. The van der Waals surface area contributed by atoms with Crippen LogP contribution in [0.3, 0.4) is 0 Å². The number of halogens is 1. The molecular weight excluding hydrogens is 415 g/mol. The number of nitrogens with zero attached hydrogens (tertiary/aromatic N) is 1. The molecule has 3 atom stereocenters. The molecule has 3 aromatic rings. The van der Waals surface area contributed by atoms with E-state index in [4.69, 9.17) is 5.73 Å². The van der Waals surface area contributed by atoms with Crippen molar-refractivity contribution in [3.05, 3.63) is 65.4 Å². The van der Waals surface area contributed by atoms with Gasteiger partial charge in [-0.05, 0) is 41.3 Å². The highest BCUT2D eigenvalue weighted by molar-refractivity contribution is 7.18. The van der Waals surface area contributed by atoms with Crippen LogP contribution < -0.4 is 16.4 Å². The smallest absolute Gasteiger partial charge is 0.228 e. The first kappa shape index (κ1) is 21.4. The molecule has 1 aliphatic rings. The van der Waals surface area contributed by atoms with Crippen LogP contribution in [0.25, 0.3) is 10.4 Å². The molecule has 31 heavy (non-hydrogen) atoms. The molecule has 1 aromatic heterocycles. The van der Waals surface area contributed by atoms with Gasteiger partial charge in [0.1, 0.15) is 6.67 Å². The van der Waals surface area contributed by atoms with Crippen molar-refractivity contribution in [3.8, 4) is 10.4 Å². The summed E-state index contributed by atoms with van der Waals surface area (Å²) in [7, 11) is 0. The Hall–Kier alpha value is -2.81. The van der Waals surface area contributed by atoms with Crippen LogP contribution in [0.4, 0.5) is 15.2 Å². The summed E-state index contributed by atoms with van der Waals surface area (Å²) in [5.41, 5.74) is 10.8. The van der Waals surface area contributed by atoms with E-state index in [1.54, 1.807) is 25.3 Å². The first-order chi connectivity index (χ1) is 14.9. The first-order valence-corrected chi connectivity index (χ1v) is 11.0. The van der Waals surface area contributed by atoms with Gasteiger partial charge in [0, 0.05) is 30.4 Å². The maximum Gasteiger partial charge on any atom is 0.228 e. The number of nitrogens with one attached hydrogen (secondary N) is 2. The minimum Gasteiger partial charge on any atom is -0.393 e. The molecule has 5 N–H and O–H groups in total. The number of fused-ring (bicyclic) bond motifs is 1. The molecular formula is C23H25FN4O2S. The largest absolute Gasteiger partial charge is 0.393 e. The minimum atomic E-state index is -0.650. The van der Waals surface area contributed by atoms with Crippen LogP contribution in [0.1, 0.15) is 29.5 Å². The summed E-state index contributed by atoms with van der Waals surface area (Å²) < 4.78 is 12.8. The average Bonchev–Trinajstić information content (AvgIpc) is 3.37. The fourth-order valence-corrected chi connectivity index (χ4v) is 4.74. The average molecular weight is 441 g/mol. The van der Waals surface area contributed by atoms with Crippen molar-refractivity contribution in [3.63, 3.8) is 0 Å². The summed E-state index contributed by atoms with van der Waals surface area (Å²) in [6, 6.07) is 12.6. The van der Waals surface area contributed by atoms with Gasteiger partial charge < -0.3 is 21.5 Å². The molecule has 0 fully saturated rings. The monoisotopic (exact) mass is 440 g/mol. The molecule has 2 aromatic carbocycles. The molecule has 0 bridgehead atoms. The number of hydrogen-bond donors (Lipinski definition) is 4. The van der Waals surface area contributed by atoms with Crippen LogP contribution in [0.5, 0.6) is 0 Å². The number of aliphatic hydroxyl groups is 1. The lowest BCUT2D eigenvalue weighted by Gasteiger charge is -2.27. The summed E-state index contributed by atoms with van der Waals surface area (Å²) in [5.74, 6) is -0.276. The normalized spacial score (nSPS) is 15.8. The predicted octanol–water partition coefficient (Wildman–Crippen LogP) is 3.68. The third-order valence-electron chi connectivity index (χ3n) is 5.51. The Morgan fingerprint density at radius 3 is 2.77 bits per heavy atom. The molecule has 1 aliphatic heterocycles. The van der Waals surface area contributed by atoms with Gasteiger partial charge in [0.25, 0.3) is 0 Å². The quantitative estimate of drug-likeness (QED) is 0.428. The highest BCUT2D eigenvalue weighted by Crippen LogP contribution is 2.33. The SMILES string of the molecule is CC(O)[C@@H](c1ccc(CF)cc1)[C@H](N)CNc1ncc(-c2ccc3c(c2)CC(=O)N3)s1. The lowest BCUT2D eigenvalue weighted by atomic mass is 9.87. The molecule has 162 valence electrons. The lowest BCUT2D eigenvalue weighted by Crippen LogP contribution is -2.40. The number of aromatic nitrogens is 1. The van der Waals surface area contributed by atoms with E-state index in [9.17, 15) is 14.3 Å². The van der Waals surface area contributed by atoms with Crippen LogP contribution in [0, 0.1) is 0 Å². The Balaban J connectivity index is 1.42. The van der Waals surface area contributed by atoms with Gasteiger partial charge >= 0.3 is 0 Å². The van der Waals surface area contributed by atoms with Crippen molar-refractivity contribution in [1.29, 1.82) is 0 Å². The van der Waals surface area contributed by atoms with Gasteiger partial charge in [-0.25, -0.2) is 9.37 Å². The van der Waals surface area contributed by atoms with Crippen LogP contribution in [0.15, 0.2) is 48.7 Å². The van der Waals surface area contributed by atoms with E-state index >= 15 is 0 Å². The third kappa shape index (κ3) is 4.76.